The monoisotopic (exact) mass is 581 g/mol. The van der Waals surface area contributed by atoms with Crippen LogP contribution in [-0.4, -0.2) is 76.6 Å². The van der Waals surface area contributed by atoms with E-state index in [9.17, 15) is 9.50 Å². The fraction of sp³-hybridized carbons (Fsp3) is 0.548. The molecule has 0 bridgehead atoms. The first-order chi connectivity index (χ1) is 19.8. The summed E-state index contributed by atoms with van der Waals surface area (Å²) in [4.78, 5) is 14.1. The highest BCUT2D eigenvalue weighted by Crippen LogP contribution is 2.50. The average Bonchev–Trinajstić information content (AvgIpc) is 3.85. The number of hydrogen-bond donors (Lipinski definition) is 2. The number of nitrogens with one attached hydrogen (secondary N) is 1. The van der Waals surface area contributed by atoms with Gasteiger partial charge in [-0.15, -0.1) is 0 Å². The lowest BCUT2D eigenvalue weighted by Crippen LogP contribution is -2.52. The van der Waals surface area contributed by atoms with E-state index in [1.165, 1.54) is 12.1 Å². The van der Waals surface area contributed by atoms with Crippen LogP contribution >= 0.6 is 11.6 Å². The van der Waals surface area contributed by atoms with E-state index in [0.717, 1.165) is 70.3 Å². The average molecular weight is 582 g/mol. The predicted molar refractivity (Wildman–Crippen MR) is 154 cm³/mol. The summed E-state index contributed by atoms with van der Waals surface area (Å²) in [5.74, 6) is 0.509. The molecule has 0 amide bonds. The van der Waals surface area contributed by atoms with Crippen molar-refractivity contribution in [3.8, 4) is 22.9 Å². The van der Waals surface area contributed by atoms with Crippen LogP contribution in [0, 0.1) is 5.82 Å². The molecule has 0 radical (unpaired) electrons. The van der Waals surface area contributed by atoms with Crippen molar-refractivity contribution < 1.29 is 18.6 Å². The first kappa shape index (κ1) is 25.9. The third kappa shape index (κ3) is 4.51. The number of piperazine rings is 1. The van der Waals surface area contributed by atoms with Gasteiger partial charge in [0.15, 0.2) is 0 Å². The quantitative estimate of drug-likeness (QED) is 0.394. The molecule has 7 nitrogen and oxygen atoms in total. The van der Waals surface area contributed by atoms with Gasteiger partial charge in [-0.3, -0.25) is 4.90 Å². The van der Waals surface area contributed by atoms with Crippen LogP contribution < -0.4 is 15.0 Å². The van der Waals surface area contributed by atoms with Crippen LogP contribution in [0.25, 0.3) is 22.0 Å². The molecule has 10 heteroatoms. The maximum absolute atomic E-state index is 16.0. The molecule has 3 saturated heterocycles. The Labute approximate surface area is 242 Å². The molecule has 2 aliphatic carbocycles. The van der Waals surface area contributed by atoms with Gasteiger partial charge in [-0.25, -0.2) is 8.78 Å². The zero-order valence-corrected chi connectivity index (χ0v) is 23.7. The fourth-order valence-corrected chi connectivity index (χ4v) is 7.88. The number of phenols is 1. The van der Waals surface area contributed by atoms with Gasteiger partial charge in [-0.05, 0) is 86.4 Å². The summed E-state index contributed by atoms with van der Waals surface area (Å²) in [6.45, 7) is 4.02. The van der Waals surface area contributed by atoms with E-state index >= 15 is 4.39 Å². The third-order valence-corrected chi connectivity index (χ3v) is 10.2. The van der Waals surface area contributed by atoms with Gasteiger partial charge in [-0.1, -0.05) is 11.6 Å². The van der Waals surface area contributed by atoms with E-state index in [2.05, 4.69) is 15.1 Å². The number of alkyl halides is 1. The van der Waals surface area contributed by atoms with Crippen LogP contribution in [0.1, 0.15) is 56.4 Å². The van der Waals surface area contributed by atoms with E-state index < -0.39 is 12.0 Å². The maximum Gasteiger partial charge on any atom is 0.319 e. The Morgan fingerprint density at radius 2 is 1.95 bits per heavy atom. The standard InChI is InChI=1S/C31H34ClF2N5O2/c32-24-11-20(40)10-22(27(24)18-2-3-18)21-13-26-23(12-25(21)34)28(38-9-7-35-30(16-38)5-6-30)37-29(36-26)41-17-31-4-1-8-39(31)15-19(33)14-31/h10-13,18-19,35,40H,1-9,14-17H2/t19-,31+/m1/s1. The molecule has 4 heterocycles. The molecular weight excluding hydrogens is 548 g/mol. The number of anilines is 1. The second-order valence-corrected chi connectivity index (χ2v) is 13.2. The Morgan fingerprint density at radius 3 is 2.76 bits per heavy atom. The zero-order valence-electron chi connectivity index (χ0n) is 22.9. The summed E-state index contributed by atoms with van der Waals surface area (Å²) in [5, 5.41) is 15.1. The van der Waals surface area contributed by atoms with Crippen molar-refractivity contribution in [2.45, 2.75) is 68.1 Å². The second kappa shape index (κ2) is 9.38. The molecule has 41 heavy (non-hydrogen) atoms. The van der Waals surface area contributed by atoms with Crippen LogP contribution in [0.3, 0.4) is 0 Å². The first-order valence-corrected chi connectivity index (χ1v) is 15.3. The number of phenolic OH excluding ortho intramolecular Hbond substituents is 1. The minimum absolute atomic E-state index is 0.0000475. The molecule has 2 atom stereocenters. The number of nitrogens with zero attached hydrogens (tertiary/aromatic N) is 4. The van der Waals surface area contributed by atoms with E-state index in [-0.39, 0.29) is 28.8 Å². The van der Waals surface area contributed by atoms with Crippen molar-refractivity contribution in [3.63, 3.8) is 0 Å². The van der Waals surface area contributed by atoms with Crippen LogP contribution in [0.5, 0.6) is 11.8 Å². The molecule has 1 aromatic heterocycles. The largest absolute Gasteiger partial charge is 0.508 e. The molecule has 5 fully saturated rings. The zero-order chi connectivity index (χ0) is 27.9. The third-order valence-electron chi connectivity index (χ3n) is 9.89. The number of fused-ring (bicyclic) bond motifs is 2. The summed E-state index contributed by atoms with van der Waals surface area (Å²) >= 11 is 6.56. The van der Waals surface area contributed by atoms with Crippen molar-refractivity contribution in [2.75, 3.05) is 44.2 Å². The number of rotatable bonds is 6. The number of ether oxygens (including phenoxy) is 1. The Hall–Kier alpha value is -2.75. The molecule has 2 aromatic carbocycles. The number of halogens is 3. The lowest BCUT2D eigenvalue weighted by molar-refractivity contribution is 0.107. The highest BCUT2D eigenvalue weighted by atomic mass is 35.5. The van der Waals surface area contributed by atoms with Crippen LogP contribution in [0.4, 0.5) is 14.6 Å². The van der Waals surface area contributed by atoms with Gasteiger partial charge in [0.25, 0.3) is 0 Å². The lowest BCUT2D eigenvalue weighted by atomic mass is 9.94. The van der Waals surface area contributed by atoms with Crippen molar-refractivity contribution in [2.24, 2.45) is 0 Å². The van der Waals surface area contributed by atoms with Gasteiger partial charge in [0.1, 0.15) is 30.2 Å². The van der Waals surface area contributed by atoms with Crippen molar-refractivity contribution in [1.82, 2.24) is 20.2 Å². The normalized spacial score (nSPS) is 27.1. The molecule has 0 unspecified atom stereocenters. The number of benzene rings is 2. The van der Waals surface area contributed by atoms with E-state index in [4.69, 9.17) is 26.3 Å². The van der Waals surface area contributed by atoms with Crippen LogP contribution in [-0.2, 0) is 0 Å². The number of hydrogen-bond acceptors (Lipinski definition) is 7. The van der Waals surface area contributed by atoms with E-state index in [1.807, 2.05) is 0 Å². The smallest absolute Gasteiger partial charge is 0.319 e. The molecule has 2 saturated carbocycles. The second-order valence-electron chi connectivity index (χ2n) is 12.8. The van der Waals surface area contributed by atoms with Gasteiger partial charge < -0.3 is 20.1 Å². The number of aromatic hydroxyl groups is 1. The van der Waals surface area contributed by atoms with E-state index in [1.54, 1.807) is 12.1 Å². The topological polar surface area (TPSA) is 73.8 Å². The molecule has 5 aliphatic rings. The van der Waals surface area contributed by atoms with Gasteiger partial charge in [0, 0.05) is 54.1 Å². The summed E-state index contributed by atoms with van der Waals surface area (Å²) in [6, 6.07) is 6.61. The van der Waals surface area contributed by atoms with Crippen LogP contribution in [0.2, 0.25) is 5.02 Å². The van der Waals surface area contributed by atoms with Crippen molar-refractivity contribution in [1.29, 1.82) is 0 Å². The molecule has 3 aliphatic heterocycles. The van der Waals surface area contributed by atoms with E-state index in [0.29, 0.717) is 52.4 Å². The summed E-state index contributed by atoms with van der Waals surface area (Å²) in [6.07, 6.45) is 5.74. The molecule has 1 spiro atoms. The van der Waals surface area contributed by atoms with Crippen molar-refractivity contribution >= 4 is 28.3 Å². The summed E-state index contributed by atoms with van der Waals surface area (Å²) < 4.78 is 36.7. The van der Waals surface area contributed by atoms with Gasteiger partial charge in [0.2, 0.25) is 0 Å². The fourth-order valence-electron chi connectivity index (χ4n) is 7.51. The van der Waals surface area contributed by atoms with Gasteiger partial charge >= 0.3 is 6.01 Å². The lowest BCUT2D eigenvalue weighted by Gasteiger charge is -2.35. The molecule has 8 rings (SSSR count). The molecular formula is C31H34ClF2N5O2. The van der Waals surface area contributed by atoms with Crippen LogP contribution in [0.15, 0.2) is 24.3 Å². The Morgan fingerprint density at radius 1 is 1.10 bits per heavy atom. The predicted octanol–water partition coefficient (Wildman–Crippen LogP) is 5.57. The Balaban J connectivity index is 1.23. The molecule has 216 valence electrons. The Kier molecular flexibility index (Phi) is 5.93. The number of aromatic nitrogens is 2. The SMILES string of the molecule is Oc1cc(Cl)c(C2CC2)c(-c2cc3nc(OC[C@@]45CCCN4C[C@H](F)C5)nc(N4CCNC5(CC5)C4)c3cc2F)c1. The minimum Gasteiger partial charge on any atom is -0.508 e. The maximum atomic E-state index is 16.0. The molecule has 3 aromatic rings. The molecule has 2 N–H and O–H groups in total. The summed E-state index contributed by atoms with van der Waals surface area (Å²) in [5.41, 5.74) is 2.16. The van der Waals surface area contributed by atoms with Crippen molar-refractivity contribution in [3.05, 3.63) is 40.7 Å². The minimum atomic E-state index is -0.845. The first-order valence-electron chi connectivity index (χ1n) is 14.9. The Bertz CT molecular complexity index is 1550. The highest BCUT2D eigenvalue weighted by molar-refractivity contribution is 6.32. The highest BCUT2D eigenvalue weighted by Gasteiger charge is 2.50. The van der Waals surface area contributed by atoms with Gasteiger partial charge in [0.05, 0.1) is 11.1 Å². The summed E-state index contributed by atoms with van der Waals surface area (Å²) in [7, 11) is 0. The van der Waals surface area contributed by atoms with Gasteiger partial charge in [-0.2, -0.15) is 9.97 Å².